The minimum atomic E-state index is -4.45. The quantitative estimate of drug-likeness (QED) is 0.410. The number of alkyl halides is 3. The van der Waals surface area contributed by atoms with Crippen molar-refractivity contribution < 1.29 is 22.8 Å². The Labute approximate surface area is 230 Å². The number of hydrogen-bond acceptors (Lipinski definition) is 4. The molecule has 2 amide bonds. The van der Waals surface area contributed by atoms with Crippen LogP contribution in [0.4, 0.5) is 13.2 Å². The van der Waals surface area contributed by atoms with E-state index in [0.29, 0.717) is 32.6 Å². The van der Waals surface area contributed by atoms with Gasteiger partial charge in [0, 0.05) is 43.2 Å². The Bertz CT molecular complexity index is 1340. The Hall–Kier alpha value is -3.17. The molecule has 39 heavy (non-hydrogen) atoms. The lowest BCUT2D eigenvalue weighted by Gasteiger charge is -2.41. The van der Waals surface area contributed by atoms with E-state index in [0.717, 1.165) is 25.1 Å². The highest BCUT2D eigenvalue weighted by Crippen LogP contribution is 2.40. The van der Waals surface area contributed by atoms with Gasteiger partial charge in [-0.1, -0.05) is 24.3 Å². The predicted octanol–water partition coefficient (Wildman–Crippen LogP) is 5.79. The summed E-state index contributed by atoms with van der Waals surface area (Å²) >= 11 is 1.77. The summed E-state index contributed by atoms with van der Waals surface area (Å²) in [6, 6.07) is 14.5. The second-order valence-electron chi connectivity index (χ2n) is 10.3. The third kappa shape index (κ3) is 5.61. The number of carbonyl (C=O) groups is 2. The van der Waals surface area contributed by atoms with E-state index in [2.05, 4.69) is 35.4 Å². The molecule has 5 rings (SSSR count). The van der Waals surface area contributed by atoms with Crippen molar-refractivity contribution in [3.63, 3.8) is 0 Å². The molecule has 3 heterocycles. The fourth-order valence-electron chi connectivity index (χ4n) is 5.72. The third-order valence-electron chi connectivity index (χ3n) is 7.90. The number of carbonyl (C=O) groups excluding carboxylic acids is 2. The summed E-state index contributed by atoms with van der Waals surface area (Å²) < 4.78 is 38.7. The summed E-state index contributed by atoms with van der Waals surface area (Å²) in [7, 11) is 0. The van der Waals surface area contributed by atoms with Gasteiger partial charge in [0.1, 0.15) is 0 Å². The van der Waals surface area contributed by atoms with Gasteiger partial charge in [-0.25, -0.2) is 0 Å². The first-order valence-electron chi connectivity index (χ1n) is 13.3. The summed E-state index contributed by atoms with van der Waals surface area (Å²) in [5.41, 5.74) is 3.11. The second kappa shape index (κ2) is 11.1. The number of nitrogens with zero attached hydrogens (tertiary/aromatic N) is 3. The highest BCUT2D eigenvalue weighted by Gasteiger charge is 2.37. The van der Waals surface area contributed by atoms with Crippen LogP contribution in [-0.2, 0) is 17.4 Å². The van der Waals surface area contributed by atoms with Crippen molar-refractivity contribution in [3.05, 3.63) is 92.7 Å². The molecule has 0 bridgehead atoms. The average molecular weight is 556 g/mol. The molecule has 0 aliphatic carbocycles. The first kappa shape index (κ1) is 27.4. The maximum Gasteiger partial charge on any atom is 0.416 e. The van der Waals surface area contributed by atoms with Crippen molar-refractivity contribution in [2.24, 2.45) is 0 Å². The zero-order valence-corrected chi connectivity index (χ0v) is 22.9. The largest absolute Gasteiger partial charge is 0.416 e. The summed E-state index contributed by atoms with van der Waals surface area (Å²) in [5, 5.41) is 2.13. The van der Waals surface area contributed by atoms with Gasteiger partial charge in [0.25, 0.3) is 5.91 Å². The van der Waals surface area contributed by atoms with Crippen LogP contribution >= 0.6 is 11.3 Å². The molecule has 2 aromatic carbocycles. The normalized spacial score (nSPS) is 19.4. The van der Waals surface area contributed by atoms with Crippen LogP contribution in [0.5, 0.6) is 0 Å². The van der Waals surface area contributed by atoms with Gasteiger partial charge in [-0.3, -0.25) is 14.5 Å². The van der Waals surface area contributed by atoms with E-state index >= 15 is 0 Å². The van der Waals surface area contributed by atoms with Crippen LogP contribution in [0.2, 0.25) is 0 Å². The number of halogens is 3. The molecule has 0 radical (unpaired) electrons. The molecule has 0 unspecified atom stereocenters. The van der Waals surface area contributed by atoms with Gasteiger partial charge in [0.05, 0.1) is 17.6 Å². The molecule has 0 saturated carbocycles. The molecule has 3 aromatic rings. The summed E-state index contributed by atoms with van der Waals surface area (Å²) in [6.07, 6.45) is -2.93. The molecule has 1 fully saturated rings. The van der Waals surface area contributed by atoms with E-state index in [9.17, 15) is 22.8 Å². The molecule has 0 spiro atoms. The van der Waals surface area contributed by atoms with Gasteiger partial charge in [-0.15, -0.1) is 11.3 Å². The number of fused-ring (bicyclic) bond motifs is 1. The molecule has 1 saturated heterocycles. The number of benzene rings is 2. The van der Waals surface area contributed by atoms with E-state index in [1.807, 2.05) is 24.0 Å². The molecule has 9 heteroatoms. The molecular weight excluding hydrogens is 523 g/mol. The SMILES string of the molecule is Cc1ccccc1[C@H]1c2ccsc2CCN1[C@H](C)C(=O)N1CCCN(C(=O)c2ccc(C(F)(F)F)cc2)CC1. The van der Waals surface area contributed by atoms with Crippen molar-refractivity contribution in [3.8, 4) is 0 Å². The van der Waals surface area contributed by atoms with Gasteiger partial charge in [-0.05, 0) is 79.1 Å². The zero-order chi connectivity index (χ0) is 27.7. The Kier molecular flexibility index (Phi) is 7.82. The lowest BCUT2D eigenvalue weighted by atomic mass is 9.89. The van der Waals surface area contributed by atoms with Crippen LogP contribution in [-0.4, -0.2) is 65.3 Å². The lowest BCUT2D eigenvalue weighted by molar-refractivity contribution is -0.138. The summed E-state index contributed by atoms with van der Waals surface area (Å²) in [6.45, 7) is 6.58. The Balaban J connectivity index is 1.29. The minimum absolute atomic E-state index is 0.00451. The fraction of sp³-hybridized carbons (Fsp3) is 0.400. The molecule has 0 N–H and O–H groups in total. The van der Waals surface area contributed by atoms with Crippen molar-refractivity contribution >= 4 is 23.2 Å². The number of thiophene rings is 1. The van der Waals surface area contributed by atoms with Gasteiger partial charge >= 0.3 is 6.18 Å². The van der Waals surface area contributed by atoms with Crippen molar-refractivity contribution in [2.45, 2.75) is 44.9 Å². The molecule has 5 nitrogen and oxygen atoms in total. The van der Waals surface area contributed by atoms with E-state index in [-0.39, 0.29) is 29.5 Å². The second-order valence-corrected chi connectivity index (χ2v) is 11.3. The highest BCUT2D eigenvalue weighted by atomic mass is 32.1. The average Bonchev–Trinajstić information content (AvgIpc) is 3.27. The smallest absolute Gasteiger partial charge is 0.340 e. The molecule has 2 aliphatic heterocycles. The standard InChI is InChI=1S/C30H32F3N3O2S/c1-20-6-3-4-7-24(20)27-25-13-19-39-26(25)12-16-36(27)21(2)28(37)34-14-5-15-35(18-17-34)29(38)22-8-10-23(11-9-22)30(31,32)33/h3-4,6-11,13,19,21,27H,5,12,14-18H2,1-2H3/t21-,27+/m1/s1. The number of hydrogen-bond donors (Lipinski definition) is 0. The highest BCUT2D eigenvalue weighted by molar-refractivity contribution is 7.10. The molecular formula is C30H32F3N3O2S. The fourth-order valence-corrected chi connectivity index (χ4v) is 6.63. The van der Waals surface area contributed by atoms with Crippen LogP contribution in [0.25, 0.3) is 0 Å². The number of rotatable bonds is 4. The van der Waals surface area contributed by atoms with Crippen LogP contribution in [0.3, 0.4) is 0 Å². The van der Waals surface area contributed by atoms with Gasteiger partial charge in [0.2, 0.25) is 5.91 Å². The molecule has 2 atom stereocenters. The monoisotopic (exact) mass is 555 g/mol. The van der Waals surface area contributed by atoms with E-state index < -0.39 is 11.7 Å². The number of aryl methyl sites for hydroxylation is 1. The molecule has 2 aliphatic rings. The Morgan fingerprint density at radius 1 is 0.897 bits per heavy atom. The zero-order valence-electron chi connectivity index (χ0n) is 22.1. The molecule has 206 valence electrons. The van der Waals surface area contributed by atoms with Gasteiger partial charge in [0.15, 0.2) is 0 Å². The van der Waals surface area contributed by atoms with Crippen LogP contribution in [0.15, 0.2) is 60.0 Å². The van der Waals surface area contributed by atoms with Crippen LogP contribution < -0.4 is 0 Å². The first-order valence-corrected chi connectivity index (χ1v) is 14.2. The van der Waals surface area contributed by atoms with Crippen LogP contribution in [0.1, 0.15) is 56.9 Å². The van der Waals surface area contributed by atoms with Gasteiger partial charge in [-0.2, -0.15) is 13.2 Å². The van der Waals surface area contributed by atoms with Crippen molar-refractivity contribution in [2.75, 3.05) is 32.7 Å². The van der Waals surface area contributed by atoms with E-state index in [1.54, 1.807) is 16.2 Å². The van der Waals surface area contributed by atoms with Gasteiger partial charge < -0.3 is 9.80 Å². The summed E-state index contributed by atoms with van der Waals surface area (Å²) in [4.78, 5) is 34.0. The van der Waals surface area contributed by atoms with Crippen LogP contribution in [0, 0.1) is 6.92 Å². The van der Waals surface area contributed by atoms with Crippen molar-refractivity contribution in [1.29, 1.82) is 0 Å². The first-order chi connectivity index (χ1) is 18.6. The lowest BCUT2D eigenvalue weighted by Crippen LogP contribution is -2.51. The number of amides is 2. The molecule has 1 aromatic heterocycles. The Morgan fingerprint density at radius 2 is 1.59 bits per heavy atom. The van der Waals surface area contributed by atoms with E-state index in [4.69, 9.17) is 0 Å². The maximum atomic E-state index is 13.8. The maximum absolute atomic E-state index is 13.8. The van der Waals surface area contributed by atoms with Crippen molar-refractivity contribution in [1.82, 2.24) is 14.7 Å². The predicted molar refractivity (Wildman–Crippen MR) is 146 cm³/mol. The summed E-state index contributed by atoms with van der Waals surface area (Å²) in [5.74, 6) is -0.275. The minimum Gasteiger partial charge on any atom is -0.340 e. The topological polar surface area (TPSA) is 43.9 Å². The van der Waals surface area contributed by atoms with E-state index in [1.165, 1.54) is 33.7 Å². The third-order valence-corrected chi connectivity index (χ3v) is 8.89. The Morgan fingerprint density at radius 3 is 2.31 bits per heavy atom.